The first-order valence-corrected chi connectivity index (χ1v) is 7.10. The van der Waals surface area contributed by atoms with Crippen LogP contribution in [0.1, 0.15) is 15.9 Å². The Morgan fingerprint density at radius 3 is 2.86 bits per heavy atom. The zero-order valence-corrected chi connectivity index (χ0v) is 12.1. The second-order valence-electron chi connectivity index (χ2n) is 5.27. The summed E-state index contributed by atoms with van der Waals surface area (Å²) < 4.78 is 5.22. The molecule has 0 unspecified atom stereocenters. The van der Waals surface area contributed by atoms with Gasteiger partial charge in [-0.3, -0.25) is 9.78 Å². The second-order valence-corrected chi connectivity index (χ2v) is 5.27. The van der Waals surface area contributed by atoms with Crippen molar-refractivity contribution < 1.29 is 9.53 Å². The lowest BCUT2D eigenvalue weighted by molar-refractivity contribution is 0.0996. The third-order valence-corrected chi connectivity index (χ3v) is 4.02. The third-order valence-electron chi connectivity index (χ3n) is 4.02. The van der Waals surface area contributed by atoms with Gasteiger partial charge in [0.1, 0.15) is 5.75 Å². The van der Waals surface area contributed by atoms with Gasteiger partial charge in [-0.2, -0.15) is 0 Å². The molecule has 0 N–H and O–H groups in total. The summed E-state index contributed by atoms with van der Waals surface area (Å²) in [6.45, 7) is 0.563. The number of carbonyl (C=O) groups is 1. The Kier molecular flexibility index (Phi) is 2.82. The highest BCUT2D eigenvalue weighted by Crippen LogP contribution is 2.33. The Hall–Kier alpha value is -2.88. The van der Waals surface area contributed by atoms with Gasteiger partial charge < -0.3 is 9.64 Å². The first-order chi connectivity index (χ1) is 10.8. The number of benzene rings is 2. The molecule has 2 aromatic carbocycles. The van der Waals surface area contributed by atoms with Gasteiger partial charge in [-0.1, -0.05) is 24.3 Å². The fraction of sp³-hybridized carbons (Fsp3) is 0.111. The van der Waals surface area contributed by atoms with E-state index >= 15 is 0 Å². The van der Waals surface area contributed by atoms with Gasteiger partial charge >= 0.3 is 0 Å². The standard InChI is InChI=1S/C18H14N2O2/c1-22-14-8-7-13-11-20(18(21)15(13)10-14)16-6-2-4-12-5-3-9-19-17(12)16/h2-10H,11H2,1H3. The average Bonchev–Trinajstić information content (AvgIpc) is 2.90. The Balaban J connectivity index is 1.83. The molecule has 2 heterocycles. The van der Waals surface area contributed by atoms with E-state index in [2.05, 4.69) is 4.98 Å². The monoisotopic (exact) mass is 290 g/mol. The molecule has 108 valence electrons. The Labute approximate surface area is 128 Å². The number of rotatable bonds is 2. The van der Waals surface area contributed by atoms with Crippen molar-refractivity contribution in [3.05, 3.63) is 65.9 Å². The molecule has 0 atom stereocenters. The molecule has 4 nitrogen and oxygen atoms in total. The highest BCUT2D eigenvalue weighted by Gasteiger charge is 2.30. The molecule has 4 rings (SSSR count). The molecule has 0 saturated heterocycles. The predicted octanol–water partition coefficient (Wildman–Crippen LogP) is 3.40. The van der Waals surface area contributed by atoms with E-state index in [4.69, 9.17) is 4.74 Å². The summed E-state index contributed by atoms with van der Waals surface area (Å²) in [5.74, 6) is 0.692. The number of nitrogens with zero attached hydrogens (tertiary/aromatic N) is 2. The summed E-state index contributed by atoms with van der Waals surface area (Å²) in [6, 6.07) is 15.4. The zero-order valence-electron chi connectivity index (χ0n) is 12.1. The van der Waals surface area contributed by atoms with Crippen molar-refractivity contribution in [2.45, 2.75) is 6.54 Å². The first kappa shape index (κ1) is 12.8. The SMILES string of the molecule is COc1ccc2c(c1)C(=O)N(c1cccc3cccnc13)C2. The molecule has 0 aliphatic carbocycles. The van der Waals surface area contributed by atoms with Crippen molar-refractivity contribution >= 4 is 22.5 Å². The van der Waals surface area contributed by atoms with Crippen LogP contribution in [-0.4, -0.2) is 18.0 Å². The Bertz CT molecular complexity index is 884. The van der Waals surface area contributed by atoms with Crippen LogP contribution in [0.4, 0.5) is 5.69 Å². The Morgan fingerprint density at radius 2 is 2.00 bits per heavy atom. The predicted molar refractivity (Wildman–Crippen MR) is 85.3 cm³/mol. The van der Waals surface area contributed by atoms with Gasteiger partial charge in [0.25, 0.3) is 5.91 Å². The largest absolute Gasteiger partial charge is 0.497 e. The highest BCUT2D eigenvalue weighted by molar-refractivity contribution is 6.13. The molecular formula is C18H14N2O2. The van der Waals surface area contributed by atoms with Crippen LogP contribution >= 0.6 is 0 Å². The van der Waals surface area contributed by atoms with Crippen LogP contribution in [0.15, 0.2) is 54.7 Å². The summed E-state index contributed by atoms with van der Waals surface area (Å²) in [5.41, 5.74) is 3.41. The summed E-state index contributed by atoms with van der Waals surface area (Å²) >= 11 is 0. The van der Waals surface area contributed by atoms with E-state index in [0.717, 1.165) is 22.2 Å². The lowest BCUT2D eigenvalue weighted by Crippen LogP contribution is -2.23. The van der Waals surface area contributed by atoms with Crippen LogP contribution in [0.2, 0.25) is 0 Å². The summed E-state index contributed by atoms with van der Waals surface area (Å²) in [4.78, 5) is 19.0. The van der Waals surface area contributed by atoms with E-state index in [9.17, 15) is 4.79 Å². The molecular weight excluding hydrogens is 276 g/mol. The van der Waals surface area contributed by atoms with E-state index in [-0.39, 0.29) is 5.91 Å². The van der Waals surface area contributed by atoms with Gasteiger partial charge in [-0.15, -0.1) is 0 Å². The van der Waals surface area contributed by atoms with Gasteiger partial charge in [-0.25, -0.2) is 0 Å². The number of para-hydroxylation sites is 1. The molecule has 0 bridgehead atoms. The molecule has 1 aliphatic rings. The van der Waals surface area contributed by atoms with Crippen LogP contribution in [0, 0.1) is 0 Å². The number of fused-ring (bicyclic) bond motifs is 2. The lowest BCUT2D eigenvalue weighted by atomic mass is 10.1. The third kappa shape index (κ3) is 1.84. The minimum absolute atomic E-state index is 0.00736. The minimum atomic E-state index is -0.00736. The lowest BCUT2D eigenvalue weighted by Gasteiger charge is -2.17. The molecule has 0 fully saturated rings. The van der Waals surface area contributed by atoms with Crippen molar-refractivity contribution in [1.82, 2.24) is 4.98 Å². The fourth-order valence-electron chi connectivity index (χ4n) is 2.91. The maximum Gasteiger partial charge on any atom is 0.259 e. The highest BCUT2D eigenvalue weighted by atomic mass is 16.5. The van der Waals surface area contributed by atoms with Gasteiger partial charge in [0.2, 0.25) is 0 Å². The number of carbonyl (C=O) groups excluding carboxylic acids is 1. The van der Waals surface area contributed by atoms with Gasteiger partial charge in [0.05, 0.1) is 24.9 Å². The number of ether oxygens (including phenoxy) is 1. The molecule has 0 saturated carbocycles. The topological polar surface area (TPSA) is 42.4 Å². The van der Waals surface area contributed by atoms with Crippen LogP contribution in [0.5, 0.6) is 5.75 Å². The maximum absolute atomic E-state index is 12.8. The average molecular weight is 290 g/mol. The van der Waals surface area contributed by atoms with E-state index < -0.39 is 0 Å². The van der Waals surface area contributed by atoms with E-state index in [1.165, 1.54) is 0 Å². The van der Waals surface area contributed by atoms with Crippen molar-refractivity contribution in [3.8, 4) is 5.75 Å². The number of methoxy groups -OCH3 is 1. The van der Waals surface area contributed by atoms with Gasteiger partial charge in [-0.05, 0) is 29.8 Å². The van der Waals surface area contributed by atoms with Crippen LogP contribution in [0.3, 0.4) is 0 Å². The van der Waals surface area contributed by atoms with Crippen LogP contribution in [0.25, 0.3) is 10.9 Å². The van der Waals surface area contributed by atoms with Crippen molar-refractivity contribution in [2.75, 3.05) is 12.0 Å². The number of pyridine rings is 1. The van der Waals surface area contributed by atoms with Crippen LogP contribution in [-0.2, 0) is 6.54 Å². The fourth-order valence-corrected chi connectivity index (χ4v) is 2.91. The normalized spacial score (nSPS) is 13.5. The quantitative estimate of drug-likeness (QED) is 0.726. The maximum atomic E-state index is 12.8. The summed E-state index contributed by atoms with van der Waals surface area (Å²) in [7, 11) is 1.60. The zero-order chi connectivity index (χ0) is 15.1. The van der Waals surface area contributed by atoms with Crippen molar-refractivity contribution in [2.24, 2.45) is 0 Å². The van der Waals surface area contributed by atoms with Crippen molar-refractivity contribution in [1.29, 1.82) is 0 Å². The second kappa shape index (κ2) is 4.84. The molecule has 3 aromatic rings. The Morgan fingerprint density at radius 1 is 1.14 bits per heavy atom. The van der Waals surface area contributed by atoms with E-state index in [1.807, 2.05) is 42.5 Å². The summed E-state index contributed by atoms with van der Waals surface area (Å²) in [5, 5.41) is 1.03. The van der Waals surface area contributed by atoms with Gasteiger partial charge in [0, 0.05) is 17.1 Å². The van der Waals surface area contributed by atoms with Gasteiger partial charge in [0.15, 0.2) is 0 Å². The molecule has 1 aliphatic heterocycles. The number of amides is 1. The molecule has 0 spiro atoms. The molecule has 4 heteroatoms. The van der Waals surface area contributed by atoms with E-state index in [0.29, 0.717) is 17.9 Å². The molecule has 0 radical (unpaired) electrons. The smallest absolute Gasteiger partial charge is 0.259 e. The van der Waals surface area contributed by atoms with Crippen LogP contribution < -0.4 is 9.64 Å². The van der Waals surface area contributed by atoms with E-state index in [1.54, 1.807) is 24.3 Å². The molecule has 1 aromatic heterocycles. The molecule has 1 amide bonds. The number of hydrogen-bond acceptors (Lipinski definition) is 3. The number of aromatic nitrogens is 1. The summed E-state index contributed by atoms with van der Waals surface area (Å²) in [6.07, 6.45) is 1.75. The molecule has 22 heavy (non-hydrogen) atoms. The first-order valence-electron chi connectivity index (χ1n) is 7.10. The number of anilines is 1. The number of hydrogen-bond donors (Lipinski definition) is 0. The van der Waals surface area contributed by atoms with Crippen molar-refractivity contribution in [3.63, 3.8) is 0 Å². The minimum Gasteiger partial charge on any atom is -0.497 e.